The molecule has 5 nitrogen and oxygen atoms in total. The molecule has 0 spiro atoms. The molecule has 0 saturated carbocycles. The van der Waals surface area contributed by atoms with Crippen LogP contribution < -0.4 is 0 Å². The van der Waals surface area contributed by atoms with Crippen LogP contribution in [0.5, 0.6) is 0 Å². The van der Waals surface area contributed by atoms with Crippen LogP contribution in [0.25, 0.3) is 16.9 Å². The second-order valence-corrected chi connectivity index (χ2v) is 8.67. The van der Waals surface area contributed by atoms with Crippen molar-refractivity contribution in [2.45, 2.75) is 24.7 Å². The van der Waals surface area contributed by atoms with Gasteiger partial charge in [-0.05, 0) is 43.0 Å². The molecule has 1 aliphatic rings. The Labute approximate surface area is 148 Å². The average molecular weight is 355 g/mol. The fourth-order valence-corrected chi connectivity index (χ4v) is 5.05. The Bertz CT molecular complexity index is 977. The van der Waals surface area contributed by atoms with E-state index in [2.05, 4.69) is 11.9 Å². The molecule has 1 fully saturated rings. The van der Waals surface area contributed by atoms with Crippen molar-refractivity contribution in [2.24, 2.45) is 5.92 Å². The van der Waals surface area contributed by atoms with Crippen molar-refractivity contribution in [3.8, 4) is 11.3 Å². The molecule has 0 amide bonds. The highest BCUT2D eigenvalue weighted by Crippen LogP contribution is 2.27. The monoisotopic (exact) mass is 355 g/mol. The van der Waals surface area contributed by atoms with E-state index in [9.17, 15) is 8.42 Å². The lowest BCUT2D eigenvalue weighted by atomic mass is 10.0. The van der Waals surface area contributed by atoms with Crippen LogP contribution in [0, 0.1) is 5.92 Å². The first kappa shape index (κ1) is 16.3. The SMILES string of the molecule is C[C@@H]1CCCN(S(=O)(=O)c2cccc(-c3cn4ccccc4n3)c2)C1. The zero-order valence-corrected chi connectivity index (χ0v) is 15.0. The highest BCUT2D eigenvalue weighted by molar-refractivity contribution is 7.89. The van der Waals surface area contributed by atoms with Gasteiger partial charge in [-0.2, -0.15) is 4.31 Å². The summed E-state index contributed by atoms with van der Waals surface area (Å²) in [5.74, 6) is 0.408. The summed E-state index contributed by atoms with van der Waals surface area (Å²) < 4.78 is 29.5. The number of rotatable bonds is 3. The molecular weight excluding hydrogens is 334 g/mol. The van der Waals surface area contributed by atoms with Crippen LogP contribution in [0.2, 0.25) is 0 Å². The van der Waals surface area contributed by atoms with Crippen LogP contribution in [0.3, 0.4) is 0 Å². The molecule has 6 heteroatoms. The van der Waals surface area contributed by atoms with Crippen LogP contribution in [0.4, 0.5) is 0 Å². The molecule has 2 aromatic heterocycles. The Morgan fingerprint density at radius 3 is 2.84 bits per heavy atom. The Kier molecular flexibility index (Phi) is 4.09. The largest absolute Gasteiger partial charge is 0.306 e. The van der Waals surface area contributed by atoms with E-state index in [-0.39, 0.29) is 0 Å². The van der Waals surface area contributed by atoms with E-state index >= 15 is 0 Å². The maximum Gasteiger partial charge on any atom is 0.243 e. The summed E-state index contributed by atoms with van der Waals surface area (Å²) in [6.45, 7) is 3.31. The topological polar surface area (TPSA) is 54.7 Å². The second kappa shape index (κ2) is 6.28. The predicted molar refractivity (Wildman–Crippen MR) is 97.8 cm³/mol. The van der Waals surface area contributed by atoms with Gasteiger partial charge >= 0.3 is 0 Å². The Morgan fingerprint density at radius 2 is 2.04 bits per heavy atom. The molecule has 0 aliphatic carbocycles. The highest BCUT2D eigenvalue weighted by Gasteiger charge is 2.28. The molecule has 25 heavy (non-hydrogen) atoms. The van der Waals surface area contributed by atoms with E-state index in [4.69, 9.17) is 0 Å². The number of pyridine rings is 1. The number of imidazole rings is 1. The quantitative estimate of drug-likeness (QED) is 0.723. The summed E-state index contributed by atoms with van der Waals surface area (Å²) in [5.41, 5.74) is 2.43. The van der Waals surface area contributed by atoms with Crippen molar-refractivity contribution in [3.05, 3.63) is 54.9 Å². The average Bonchev–Trinajstić information content (AvgIpc) is 3.06. The van der Waals surface area contributed by atoms with E-state index in [1.807, 2.05) is 41.1 Å². The van der Waals surface area contributed by atoms with Crippen molar-refractivity contribution >= 4 is 15.7 Å². The molecule has 1 aliphatic heterocycles. The summed E-state index contributed by atoms with van der Waals surface area (Å²) >= 11 is 0. The van der Waals surface area contributed by atoms with Crippen molar-refractivity contribution < 1.29 is 8.42 Å². The molecular formula is C19H21N3O2S. The number of benzene rings is 1. The van der Waals surface area contributed by atoms with Crippen molar-refractivity contribution in [1.82, 2.24) is 13.7 Å². The van der Waals surface area contributed by atoms with E-state index in [0.717, 1.165) is 29.7 Å². The van der Waals surface area contributed by atoms with Crippen LogP contribution >= 0.6 is 0 Å². The molecule has 0 N–H and O–H groups in total. The molecule has 130 valence electrons. The van der Waals surface area contributed by atoms with Crippen LogP contribution in [-0.4, -0.2) is 35.2 Å². The van der Waals surface area contributed by atoms with Crippen LogP contribution in [0.15, 0.2) is 59.8 Å². The van der Waals surface area contributed by atoms with Crippen molar-refractivity contribution in [2.75, 3.05) is 13.1 Å². The molecule has 1 aromatic carbocycles. The van der Waals surface area contributed by atoms with Gasteiger partial charge in [-0.15, -0.1) is 0 Å². The Balaban J connectivity index is 1.71. The summed E-state index contributed by atoms with van der Waals surface area (Å²) in [5, 5.41) is 0. The Hall–Kier alpha value is -2.18. The molecule has 0 bridgehead atoms. The van der Waals surface area contributed by atoms with Gasteiger partial charge in [-0.3, -0.25) is 0 Å². The van der Waals surface area contributed by atoms with Crippen molar-refractivity contribution in [3.63, 3.8) is 0 Å². The number of piperidine rings is 1. The van der Waals surface area contributed by atoms with E-state index in [1.165, 1.54) is 0 Å². The van der Waals surface area contributed by atoms with Gasteiger partial charge in [0, 0.05) is 31.0 Å². The summed E-state index contributed by atoms with van der Waals surface area (Å²) in [6, 6.07) is 12.9. The third-order valence-electron chi connectivity index (χ3n) is 4.75. The molecule has 0 radical (unpaired) electrons. The molecule has 4 rings (SSSR count). The van der Waals surface area contributed by atoms with Gasteiger partial charge in [-0.1, -0.05) is 25.1 Å². The van der Waals surface area contributed by atoms with Gasteiger partial charge in [0.2, 0.25) is 10.0 Å². The van der Waals surface area contributed by atoms with Gasteiger partial charge in [-0.25, -0.2) is 13.4 Å². The van der Waals surface area contributed by atoms with Gasteiger partial charge in [0.25, 0.3) is 0 Å². The Morgan fingerprint density at radius 1 is 1.16 bits per heavy atom. The number of fused-ring (bicyclic) bond motifs is 1. The summed E-state index contributed by atoms with van der Waals surface area (Å²) in [7, 11) is -3.46. The first-order valence-corrected chi connectivity index (χ1v) is 10.0. The molecule has 1 saturated heterocycles. The smallest absolute Gasteiger partial charge is 0.243 e. The molecule has 1 atom stereocenters. The van der Waals surface area contributed by atoms with Gasteiger partial charge in [0.05, 0.1) is 10.6 Å². The first-order chi connectivity index (χ1) is 12.0. The normalized spacial score (nSPS) is 19.3. The molecule has 3 heterocycles. The minimum absolute atomic E-state index is 0.344. The zero-order valence-electron chi connectivity index (χ0n) is 14.2. The zero-order chi connectivity index (χ0) is 17.4. The maximum absolute atomic E-state index is 13.0. The standard InChI is InChI=1S/C19H21N3O2S/c1-15-6-5-11-22(13-15)25(23,24)17-8-4-7-16(12-17)18-14-21-10-3-2-9-19(21)20-18/h2-4,7-10,12,14-15H,5-6,11,13H2,1H3/t15-/m1/s1. The van der Waals surface area contributed by atoms with Gasteiger partial charge < -0.3 is 4.40 Å². The fraction of sp³-hybridized carbons (Fsp3) is 0.316. The third kappa shape index (κ3) is 3.07. The minimum atomic E-state index is -3.46. The first-order valence-electron chi connectivity index (χ1n) is 8.58. The molecule has 0 unspecified atom stereocenters. The number of hydrogen-bond acceptors (Lipinski definition) is 3. The number of aromatic nitrogens is 2. The lowest BCUT2D eigenvalue weighted by molar-refractivity contribution is 0.281. The number of hydrogen-bond donors (Lipinski definition) is 0. The van der Waals surface area contributed by atoms with Gasteiger partial charge in [0.15, 0.2) is 0 Å². The molecule has 3 aromatic rings. The predicted octanol–water partition coefficient (Wildman–Crippen LogP) is 3.42. The highest BCUT2D eigenvalue weighted by atomic mass is 32.2. The van der Waals surface area contributed by atoms with Crippen molar-refractivity contribution in [1.29, 1.82) is 0 Å². The third-order valence-corrected chi connectivity index (χ3v) is 6.61. The lowest BCUT2D eigenvalue weighted by Crippen LogP contribution is -2.39. The second-order valence-electron chi connectivity index (χ2n) is 6.73. The summed E-state index contributed by atoms with van der Waals surface area (Å²) in [6.07, 6.45) is 5.87. The van der Waals surface area contributed by atoms with E-state index in [1.54, 1.807) is 22.5 Å². The van der Waals surface area contributed by atoms with Gasteiger partial charge in [0.1, 0.15) is 5.65 Å². The number of sulfonamides is 1. The van der Waals surface area contributed by atoms with E-state index < -0.39 is 10.0 Å². The van der Waals surface area contributed by atoms with Crippen LogP contribution in [-0.2, 0) is 10.0 Å². The van der Waals surface area contributed by atoms with Crippen LogP contribution in [0.1, 0.15) is 19.8 Å². The number of nitrogens with zero attached hydrogens (tertiary/aromatic N) is 3. The lowest BCUT2D eigenvalue weighted by Gasteiger charge is -2.30. The van der Waals surface area contributed by atoms with E-state index in [0.29, 0.717) is 23.9 Å². The fourth-order valence-electron chi connectivity index (χ4n) is 3.40. The maximum atomic E-state index is 13.0. The minimum Gasteiger partial charge on any atom is -0.306 e. The summed E-state index contributed by atoms with van der Waals surface area (Å²) in [4.78, 5) is 4.93.